The van der Waals surface area contributed by atoms with Gasteiger partial charge in [0.1, 0.15) is 12.7 Å². The third-order valence-corrected chi connectivity index (χ3v) is 8.06. The van der Waals surface area contributed by atoms with E-state index in [4.69, 9.17) is 28.2 Å². The van der Waals surface area contributed by atoms with Gasteiger partial charge >= 0.3 is 23.9 Å². The number of rotatable bonds is 11. The fourth-order valence-corrected chi connectivity index (χ4v) is 6.66. The molecule has 0 unspecified atom stereocenters. The molecular weight excluding hydrogens is 543 g/mol. The molecule has 0 N–H and O–H groups in total. The molecule has 5 atom stereocenters. The fourth-order valence-electron chi connectivity index (χ4n) is 4.32. The van der Waals surface area contributed by atoms with Gasteiger partial charge in [0.2, 0.25) is 13.7 Å². The quantitative estimate of drug-likeness (QED) is 0.219. The molecule has 2 aromatic rings. The maximum Gasteiger partial charge on any atom is 0.303 e. The molecule has 0 spiro atoms. The van der Waals surface area contributed by atoms with Crippen LogP contribution in [0.2, 0.25) is 0 Å². The van der Waals surface area contributed by atoms with Crippen LogP contribution in [0.4, 0.5) is 0 Å². The van der Waals surface area contributed by atoms with Crippen LogP contribution in [-0.2, 0) is 64.3 Å². The molecule has 2 aromatic carbocycles. The van der Waals surface area contributed by atoms with Crippen molar-refractivity contribution >= 4 is 31.2 Å². The molecule has 40 heavy (non-hydrogen) atoms. The number of benzene rings is 2. The number of carbonyl (C=O) groups is 4. The molecule has 1 heterocycles. The smallest absolute Gasteiger partial charge is 0.303 e. The molecule has 216 valence electrons. The van der Waals surface area contributed by atoms with E-state index in [0.717, 1.165) is 31.9 Å². The van der Waals surface area contributed by atoms with Crippen molar-refractivity contribution in [2.75, 3.05) is 6.61 Å². The van der Waals surface area contributed by atoms with Crippen LogP contribution in [0.3, 0.4) is 0 Å². The van der Waals surface area contributed by atoms with Crippen molar-refractivity contribution < 1.29 is 52.0 Å². The fraction of sp³-hybridized carbons (Fsp3) is 0.429. The lowest BCUT2D eigenvalue weighted by molar-refractivity contribution is -0.288. The summed E-state index contributed by atoms with van der Waals surface area (Å²) in [7, 11) is -3.66. The van der Waals surface area contributed by atoms with Gasteiger partial charge in [-0.25, -0.2) is 0 Å². The second kappa shape index (κ2) is 14.2. The summed E-state index contributed by atoms with van der Waals surface area (Å²) < 4.78 is 48.1. The molecule has 3 rings (SSSR count). The maximum atomic E-state index is 14.5. The van der Waals surface area contributed by atoms with Gasteiger partial charge in [-0.1, -0.05) is 60.7 Å². The zero-order valence-electron chi connectivity index (χ0n) is 22.7. The SMILES string of the molecule is CC(=O)OC[C@H]1O[C@H](OP(=O)(Cc2ccccc2)Cc2ccccc2)[C@@H](OC(C)=O)[C@@H](OC(C)=O)[C@@H]1OC(C)=O. The van der Waals surface area contributed by atoms with Crippen LogP contribution < -0.4 is 0 Å². The summed E-state index contributed by atoms with van der Waals surface area (Å²) in [6, 6.07) is 18.1. The minimum Gasteiger partial charge on any atom is -0.463 e. The van der Waals surface area contributed by atoms with Crippen LogP contribution >= 0.6 is 7.37 Å². The third-order valence-electron chi connectivity index (χ3n) is 5.78. The molecule has 1 saturated heterocycles. The Morgan fingerprint density at radius 2 is 1.12 bits per heavy atom. The topological polar surface area (TPSA) is 141 Å². The molecule has 12 heteroatoms. The number of hydrogen-bond donors (Lipinski definition) is 0. The lowest BCUT2D eigenvalue weighted by atomic mass is 9.98. The predicted molar refractivity (Wildman–Crippen MR) is 141 cm³/mol. The van der Waals surface area contributed by atoms with Crippen molar-refractivity contribution in [2.24, 2.45) is 0 Å². The molecule has 0 aliphatic carbocycles. The van der Waals surface area contributed by atoms with Gasteiger partial charge in [0.25, 0.3) is 0 Å². The summed E-state index contributed by atoms with van der Waals surface area (Å²) in [5.74, 6) is -2.95. The van der Waals surface area contributed by atoms with E-state index >= 15 is 0 Å². The zero-order valence-corrected chi connectivity index (χ0v) is 23.6. The van der Waals surface area contributed by atoms with Crippen LogP contribution in [0, 0.1) is 0 Å². The van der Waals surface area contributed by atoms with E-state index in [-0.39, 0.29) is 12.3 Å². The second-order valence-corrected chi connectivity index (χ2v) is 11.7. The molecule has 0 aromatic heterocycles. The Bertz CT molecular complexity index is 1170. The average molecular weight is 577 g/mol. The van der Waals surface area contributed by atoms with Crippen LogP contribution in [0.5, 0.6) is 0 Å². The van der Waals surface area contributed by atoms with Gasteiger partial charge in [-0.2, -0.15) is 0 Å². The number of hydrogen-bond acceptors (Lipinski definition) is 11. The first-order chi connectivity index (χ1) is 19.0. The standard InChI is InChI=1S/C28H33O11P/c1-18(29)34-15-24-25(35-19(2)30)26(36-20(3)31)27(37-21(4)32)28(38-24)39-40(33,16-22-11-7-5-8-12-22)17-23-13-9-6-10-14-23/h5-14,24-28H,15-17H2,1-4H3/t24-,25-,26+,27+,28-/m1/s1. The van der Waals surface area contributed by atoms with Gasteiger partial charge in [0.05, 0.1) is 12.3 Å². The summed E-state index contributed by atoms with van der Waals surface area (Å²) in [5, 5.41) is 0. The molecule has 0 amide bonds. The van der Waals surface area contributed by atoms with Crippen molar-refractivity contribution in [1.82, 2.24) is 0 Å². The van der Waals surface area contributed by atoms with Gasteiger partial charge in [0, 0.05) is 27.7 Å². The molecule has 1 aliphatic heterocycles. The Hall–Kier alpha value is -3.53. The Balaban J connectivity index is 2.05. The van der Waals surface area contributed by atoms with Gasteiger partial charge in [-0.3, -0.25) is 28.3 Å². The summed E-state index contributed by atoms with van der Waals surface area (Å²) >= 11 is 0. The van der Waals surface area contributed by atoms with Gasteiger partial charge < -0.3 is 23.7 Å². The van der Waals surface area contributed by atoms with E-state index < -0.39 is 68.6 Å². The Morgan fingerprint density at radius 3 is 1.57 bits per heavy atom. The summed E-state index contributed by atoms with van der Waals surface area (Å²) in [6.07, 6.45) is -6.97. The van der Waals surface area contributed by atoms with E-state index in [1.165, 1.54) is 6.92 Å². The summed E-state index contributed by atoms with van der Waals surface area (Å²) in [6.45, 7) is 4.14. The highest BCUT2D eigenvalue weighted by Gasteiger charge is 2.54. The van der Waals surface area contributed by atoms with Crippen LogP contribution in [0.1, 0.15) is 38.8 Å². The van der Waals surface area contributed by atoms with Crippen molar-refractivity contribution in [3.63, 3.8) is 0 Å². The highest BCUT2D eigenvalue weighted by Crippen LogP contribution is 2.55. The molecule has 0 radical (unpaired) electrons. The minimum atomic E-state index is -3.66. The van der Waals surface area contributed by atoms with Crippen molar-refractivity contribution in [3.8, 4) is 0 Å². The summed E-state index contributed by atoms with van der Waals surface area (Å²) in [5.41, 5.74) is 1.46. The third kappa shape index (κ3) is 9.29. The molecule has 0 saturated carbocycles. The first-order valence-corrected chi connectivity index (χ1v) is 14.6. The minimum absolute atomic E-state index is 0.00953. The van der Waals surface area contributed by atoms with E-state index in [2.05, 4.69) is 0 Å². The van der Waals surface area contributed by atoms with Crippen LogP contribution in [-0.4, -0.2) is 61.2 Å². The van der Waals surface area contributed by atoms with Crippen LogP contribution in [0.25, 0.3) is 0 Å². The van der Waals surface area contributed by atoms with Crippen LogP contribution in [0.15, 0.2) is 60.7 Å². The normalized spacial score (nSPS) is 22.6. The highest BCUT2D eigenvalue weighted by atomic mass is 31.2. The zero-order chi connectivity index (χ0) is 29.3. The lowest BCUT2D eigenvalue weighted by Gasteiger charge is -2.44. The average Bonchev–Trinajstić information content (AvgIpc) is 2.86. The van der Waals surface area contributed by atoms with Crippen molar-refractivity contribution in [3.05, 3.63) is 71.8 Å². The molecule has 1 aliphatic rings. The molecule has 11 nitrogen and oxygen atoms in total. The van der Waals surface area contributed by atoms with Crippen molar-refractivity contribution in [2.45, 2.75) is 70.7 Å². The largest absolute Gasteiger partial charge is 0.463 e. The monoisotopic (exact) mass is 576 g/mol. The van der Waals surface area contributed by atoms with Gasteiger partial charge in [-0.05, 0) is 11.1 Å². The number of ether oxygens (including phenoxy) is 5. The van der Waals surface area contributed by atoms with E-state index in [1.54, 1.807) is 48.5 Å². The second-order valence-electron chi connectivity index (χ2n) is 9.28. The Labute approximate surface area is 232 Å². The van der Waals surface area contributed by atoms with Gasteiger partial charge in [0.15, 0.2) is 18.3 Å². The van der Waals surface area contributed by atoms with E-state index in [0.29, 0.717) is 0 Å². The van der Waals surface area contributed by atoms with E-state index in [9.17, 15) is 23.7 Å². The Kier molecular flexibility index (Phi) is 11.0. The molecular formula is C28H33O11P. The summed E-state index contributed by atoms with van der Waals surface area (Å²) in [4.78, 5) is 47.8. The highest BCUT2D eigenvalue weighted by molar-refractivity contribution is 7.57. The Morgan fingerprint density at radius 1 is 0.675 bits per heavy atom. The maximum absolute atomic E-state index is 14.5. The first-order valence-electron chi connectivity index (χ1n) is 12.6. The van der Waals surface area contributed by atoms with E-state index in [1.807, 2.05) is 12.1 Å². The first kappa shape index (κ1) is 31.0. The van der Waals surface area contributed by atoms with Crippen molar-refractivity contribution in [1.29, 1.82) is 0 Å². The molecule has 0 bridgehead atoms. The number of esters is 4. The van der Waals surface area contributed by atoms with Gasteiger partial charge in [-0.15, -0.1) is 0 Å². The predicted octanol–water partition coefficient (Wildman–Crippen LogP) is 3.76. The molecule has 1 fully saturated rings. The number of carbonyl (C=O) groups excluding carboxylic acids is 4. The lowest BCUT2D eigenvalue weighted by Crippen LogP contribution is -2.62.